The molecule has 0 aliphatic carbocycles. The summed E-state index contributed by atoms with van der Waals surface area (Å²) in [6.07, 6.45) is -3.73. The number of hydrogen-bond donors (Lipinski definition) is 1. The Morgan fingerprint density at radius 3 is 2.39 bits per heavy atom. The third kappa shape index (κ3) is 5.16. The molecule has 0 saturated carbocycles. The lowest BCUT2D eigenvalue weighted by Crippen LogP contribution is -2.45. The van der Waals surface area contributed by atoms with Gasteiger partial charge in [-0.25, -0.2) is 8.42 Å². The molecule has 7 nitrogen and oxygen atoms in total. The van der Waals surface area contributed by atoms with Gasteiger partial charge in [-0.05, 0) is 37.3 Å². The van der Waals surface area contributed by atoms with Crippen LogP contribution in [0.4, 0.5) is 24.5 Å². The van der Waals surface area contributed by atoms with E-state index in [-0.39, 0.29) is 23.0 Å². The summed E-state index contributed by atoms with van der Waals surface area (Å²) in [6.45, 7) is 1.92. The van der Waals surface area contributed by atoms with Crippen molar-refractivity contribution in [2.75, 3.05) is 29.1 Å². The standard InChI is InChI=1S/C19H18ClF3N2O5S/c1-11(18(26)24-15-9-12(19(21,22)23)3-5-14(15)20)25(31(2,27)28)13-4-6-16-17(10-13)30-8-7-29-16/h3-6,9-11H,7-8H2,1-2H3,(H,24,26)/t11-/m0/s1. The fourth-order valence-corrected chi connectivity index (χ4v) is 4.34. The van der Waals surface area contributed by atoms with E-state index >= 15 is 0 Å². The van der Waals surface area contributed by atoms with Crippen molar-refractivity contribution in [2.24, 2.45) is 0 Å². The van der Waals surface area contributed by atoms with Gasteiger partial charge in [-0.3, -0.25) is 9.10 Å². The highest BCUT2D eigenvalue weighted by Crippen LogP contribution is 2.36. The Labute approximate surface area is 181 Å². The maximum Gasteiger partial charge on any atom is 0.416 e. The number of benzene rings is 2. The topological polar surface area (TPSA) is 84.9 Å². The molecule has 0 aromatic heterocycles. The number of sulfonamides is 1. The van der Waals surface area contributed by atoms with E-state index in [0.29, 0.717) is 24.2 Å². The molecule has 0 fully saturated rings. The van der Waals surface area contributed by atoms with E-state index < -0.39 is 33.7 Å². The third-order valence-corrected chi connectivity index (χ3v) is 5.99. The van der Waals surface area contributed by atoms with Crippen molar-refractivity contribution in [3.63, 3.8) is 0 Å². The van der Waals surface area contributed by atoms with Crippen LogP contribution in [0.15, 0.2) is 36.4 Å². The van der Waals surface area contributed by atoms with Crippen LogP contribution in [0.5, 0.6) is 11.5 Å². The van der Waals surface area contributed by atoms with Crippen LogP contribution in [-0.4, -0.2) is 39.8 Å². The summed E-state index contributed by atoms with van der Waals surface area (Å²) in [6, 6.07) is 5.51. The van der Waals surface area contributed by atoms with E-state index in [2.05, 4.69) is 5.32 Å². The van der Waals surface area contributed by atoms with Gasteiger partial charge in [-0.2, -0.15) is 13.2 Å². The molecule has 12 heteroatoms. The summed E-state index contributed by atoms with van der Waals surface area (Å²) in [5, 5.41) is 2.15. The largest absolute Gasteiger partial charge is 0.486 e. The number of amides is 1. The van der Waals surface area contributed by atoms with Gasteiger partial charge in [-0.15, -0.1) is 0 Å². The number of carbonyl (C=O) groups excluding carboxylic acids is 1. The van der Waals surface area contributed by atoms with Crippen molar-refractivity contribution < 1.29 is 35.9 Å². The Balaban J connectivity index is 1.91. The van der Waals surface area contributed by atoms with Crippen LogP contribution in [0.3, 0.4) is 0 Å². The molecule has 0 bridgehead atoms. The number of ether oxygens (including phenoxy) is 2. The first-order valence-corrected chi connectivity index (χ1v) is 11.2. The zero-order valence-electron chi connectivity index (χ0n) is 16.4. The average molecular weight is 479 g/mol. The van der Waals surface area contributed by atoms with Crippen molar-refractivity contribution in [3.8, 4) is 11.5 Å². The number of rotatable bonds is 5. The lowest BCUT2D eigenvalue weighted by molar-refractivity contribution is -0.137. The van der Waals surface area contributed by atoms with E-state index in [9.17, 15) is 26.4 Å². The van der Waals surface area contributed by atoms with Crippen LogP contribution in [-0.2, 0) is 21.0 Å². The Morgan fingerprint density at radius 1 is 1.13 bits per heavy atom. The summed E-state index contributed by atoms with van der Waals surface area (Å²) < 4.78 is 75.5. The molecular formula is C19H18ClF3N2O5S. The Morgan fingerprint density at radius 2 is 1.77 bits per heavy atom. The molecule has 1 aliphatic heterocycles. The molecule has 1 atom stereocenters. The van der Waals surface area contributed by atoms with Gasteiger partial charge >= 0.3 is 6.18 Å². The SMILES string of the molecule is C[C@@H](C(=O)Nc1cc(C(F)(F)F)ccc1Cl)N(c1ccc2c(c1)OCCO2)S(C)(=O)=O. The van der Waals surface area contributed by atoms with Crippen molar-refractivity contribution in [3.05, 3.63) is 47.0 Å². The molecule has 1 aliphatic rings. The first kappa shape index (κ1) is 23.0. The second kappa shape index (κ2) is 8.46. The number of carbonyl (C=O) groups is 1. The lowest BCUT2D eigenvalue weighted by atomic mass is 10.2. The number of nitrogens with one attached hydrogen (secondary N) is 1. The zero-order chi connectivity index (χ0) is 23.0. The van der Waals surface area contributed by atoms with Gasteiger partial charge in [-0.1, -0.05) is 11.6 Å². The molecule has 168 valence electrons. The second-order valence-corrected chi connectivity index (χ2v) is 9.01. The fourth-order valence-electron chi connectivity index (χ4n) is 3.01. The smallest absolute Gasteiger partial charge is 0.416 e. The predicted octanol–water partition coefficient (Wildman–Crippen LogP) is 3.92. The molecular weight excluding hydrogens is 461 g/mol. The molecule has 3 rings (SSSR count). The average Bonchev–Trinajstić information content (AvgIpc) is 2.67. The highest BCUT2D eigenvalue weighted by atomic mass is 35.5. The minimum Gasteiger partial charge on any atom is -0.486 e. The van der Waals surface area contributed by atoms with E-state index in [1.54, 1.807) is 0 Å². The van der Waals surface area contributed by atoms with Crippen LogP contribution >= 0.6 is 11.6 Å². The summed E-state index contributed by atoms with van der Waals surface area (Å²) in [5.41, 5.74) is -1.17. The monoisotopic (exact) mass is 478 g/mol. The van der Waals surface area contributed by atoms with Crippen LogP contribution in [0, 0.1) is 0 Å². The summed E-state index contributed by atoms with van der Waals surface area (Å²) in [4.78, 5) is 12.8. The summed E-state index contributed by atoms with van der Waals surface area (Å²) in [5.74, 6) is -0.135. The Bertz CT molecular complexity index is 1110. The molecule has 2 aromatic carbocycles. The number of fused-ring (bicyclic) bond motifs is 1. The summed E-state index contributed by atoms with van der Waals surface area (Å²) >= 11 is 5.92. The van der Waals surface area contributed by atoms with Crippen LogP contribution in [0.1, 0.15) is 12.5 Å². The summed E-state index contributed by atoms with van der Waals surface area (Å²) in [7, 11) is -3.96. The number of halogens is 4. The number of hydrogen-bond acceptors (Lipinski definition) is 5. The number of alkyl halides is 3. The molecule has 0 unspecified atom stereocenters. The van der Waals surface area contributed by atoms with Crippen molar-refractivity contribution >= 4 is 38.9 Å². The maximum absolute atomic E-state index is 13.0. The van der Waals surface area contributed by atoms with Crippen LogP contribution < -0.4 is 19.1 Å². The first-order chi connectivity index (χ1) is 14.4. The molecule has 0 saturated heterocycles. The molecule has 0 spiro atoms. The van der Waals surface area contributed by atoms with E-state index in [1.165, 1.54) is 25.1 Å². The van der Waals surface area contributed by atoms with Crippen LogP contribution in [0.25, 0.3) is 0 Å². The normalized spacial score (nSPS) is 14.6. The van der Waals surface area contributed by atoms with E-state index in [0.717, 1.165) is 22.7 Å². The highest BCUT2D eigenvalue weighted by Gasteiger charge is 2.33. The molecule has 1 heterocycles. The van der Waals surface area contributed by atoms with Gasteiger partial charge in [0.15, 0.2) is 11.5 Å². The van der Waals surface area contributed by atoms with E-state index in [4.69, 9.17) is 21.1 Å². The second-order valence-electron chi connectivity index (χ2n) is 6.74. The molecule has 2 aromatic rings. The Hall–Kier alpha value is -2.66. The Kier molecular flexibility index (Phi) is 6.28. The maximum atomic E-state index is 13.0. The molecule has 1 N–H and O–H groups in total. The third-order valence-electron chi connectivity index (χ3n) is 4.42. The van der Waals surface area contributed by atoms with Crippen molar-refractivity contribution in [2.45, 2.75) is 19.1 Å². The van der Waals surface area contributed by atoms with Gasteiger partial charge in [0.1, 0.15) is 19.3 Å². The highest BCUT2D eigenvalue weighted by molar-refractivity contribution is 7.92. The molecule has 0 radical (unpaired) electrons. The number of anilines is 2. The quantitative estimate of drug-likeness (QED) is 0.704. The molecule has 31 heavy (non-hydrogen) atoms. The molecule has 1 amide bonds. The predicted molar refractivity (Wildman–Crippen MR) is 109 cm³/mol. The van der Waals surface area contributed by atoms with Crippen molar-refractivity contribution in [1.29, 1.82) is 0 Å². The fraction of sp³-hybridized carbons (Fsp3) is 0.316. The minimum atomic E-state index is -4.64. The van der Waals surface area contributed by atoms with Gasteiger partial charge in [0.2, 0.25) is 15.9 Å². The van der Waals surface area contributed by atoms with Gasteiger partial charge < -0.3 is 14.8 Å². The van der Waals surface area contributed by atoms with Gasteiger partial charge in [0.25, 0.3) is 0 Å². The lowest BCUT2D eigenvalue weighted by Gasteiger charge is -2.29. The zero-order valence-corrected chi connectivity index (χ0v) is 17.9. The van der Waals surface area contributed by atoms with Gasteiger partial charge in [0, 0.05) is 6.07 Å². The first-order valence-electron chi connectivity index (χ1n) is 8.94. The van der Waals surface area contributed by atoms with Crippen molar-refractivity contribution in [1.82, 2.24) is 0 Å². The number of nitrogens with zero attached hydrogens (tertiary/aromatic N) is 1. The van der Waals surface area contributed by atoms with E-state index in [1.807, 2.05) is 0 Å². The van der Waals surface area contributed by atoms with Crippen LogP contribution in [0.2, 0.25) is 5.02 Å². The minimum absolute atomic E-state index is 0.126. The van der Waals surface area contributed by atoms with Gasteiger partial charge in [0.05, 0.1) is 28.2 Å².